The number of carbonyl (C=O) groups is 1. The van der Waals surface area contributed by atoms with Crippen molar-refractivity contribution in [2.24, 2.45) is 5.14 Å². The van der Waals surface area contributed by atoms with E-state index in [1.54, 1.807) is 0 Å². The molecule has 4 N–H and O–H groups in total. The Morgan fingerprint density at radius 3 is 2.70 bits per heavy atom. The van der Waals surface area contributed by atoms with Crippen LogP contribution in [0.3, 0.4) is 0 Å². The number of hydrogen-bond donors (Lipinski definition) is 2. The maximum atomic E-state index is 11.9. The summed E-state index contributed by atoms with van der Waals surface area (Å²) in [7, 11) is -3.82. The molecule has 106 valence electrons. The van der Waals surface area contributed by atoms with Crippen molar-refractivity contribution in [1.29, 1.82) is 5.26 Å². The maximum Gasteiger partial charge on any atom is 0.228 e. The number of hydrogen-bond acceptors (Lipinski definition) is 6. The van der Waals surface area contributed by atoms with E-state index in [1.807, 2.05) is 6.07 Å². The predicted octanol–water partition coefficient (Wildman–Crippen LogP) is -0.308. The lowest BCUT2D eigenvalue weighted by atomic mass is 10.2. The third-order valence-corrected chi connectivity index (χ3v) is 4.75. The largest absolute Gasteiger partial charge is 0.384 e. The van der Waals surface area contributed by atoms with Gasteiger partial charge in [-0.3, -0.25) is 4.79 Å². The second-order valence-corrected chi connectivity index (χ2v) is 6.86. The van der Waals surface area contributed by atoms with Crippen LogP contribution in [0.2, 0.25) is 0 Å². The van der Waals surface area contributed by atoms with E-state index in [0.717, 1.165) is 0 Å². The van der Waals surface area contributed by atoms with Gasteiger partial charge in [0.1, 0.15) is 27.3 Å². The summed E-state index contributed by atoms with van der Waals surface area (Å²) in [4.78, 5) is 17.0. The third kappa shape index (κ3) is 2.60. The minimum atomic E-state index is -3.82. The first-order valence-corrected chi connectivity index (χ1v) is 7.82. The second kappa shape index (κ2) is 5.01. The quantitative estimate of drug-likeness (QED) is 0.693. The molecule has 1 aromatic rings. The second-order valence-electron chi connectivity index (χ2n) is 4.26. The fourth-order valence-electron chi connectivity index (χ4n) is 1.96. The third-order valence-electron chi connectivity index (χ3n) is 2.93. The lowest BCUT2D eigenvalue weighted by molar-refractivity contribution is -0.117. The number of sulfonamides is 1. The van der Waals surface area contributed by atoms with Gasteiger partial charge in [0.2, 0.25) is 15.9 Å². The van der Waals surface area contributed by atoms with Gasteiger partial charge in [0.25, 0.3) is 0 Å². The van der Waals surface area contributed by atoms with Gasteiger partial charge in [-0.1, -0.05) is 0 Å². The first-order valence-electron chi connectivity index (χ1n) is 5.42. The van der Waals surface area contributed by atoms with E-state index in [1.165, 1.54) is 11.0 Å². The first kappa shape index (κ1) is 14.7. The SMILES string of the molecule is N#Cc1c(N2CC(S(N)(=O)=O)CC2=O)cc(N)nc1Br. The highest BCUT2D eigenvalue weighted by atomic mass is 79.9. The van der Waals surface area contributed by atoms with Crippen LogP contribution in [0.5, 0.6) is 0 Å². The monoisotopic (exact) mass is 359 g/mol. The maximum absolute atomic E-state index is 11.9. The van der Waals surface area contributed by atoms with Crippen molar-refractivity contribution in [3.63, 3.8) is 0 Å². The van der Waals surface area contributed by atoms with Gasteiger partial charge in [-0.15, -0.1) is 0 Å². The highest BCUT2D eigenvalue weighted by Gasteiger charge is 2.38. The van der Waals surface area contributed by atoms with Crippen molar-refractivity contribution < 1.29 is 13.2 Å². The average molecular weight is 360 g/mol. The smallest absolute Gasteiger partial charge is 0.228 e. The Morgan fingerprint density at radius 1 is 1.55 bits per heavy atom. The van der Waals surface area contributed by atoms with Crippen LogP contribution in [0.4, 0.5) is 11.5 Å². The van der Waals surface area contributed by atoms with Crippen LogP contribution in [0.15, 0.2) is 10.7 Å². The molecule has 1 fully saturated rings. The Labute approximate surface area is 123 Å². The van der Waals surface area contributed by atoms with Gasteiger partial charge in [0, 0.05) is 19.0 Å². The minimum Gasteiger partial charge on any atom is -0.384 e. The lowest BCUT2D eigenvalue weighted by Gasteiger charge is -2.18. The number of nitrogen functional groups attached to an aromatic ring is 1. The summed E-state index contributed by atoms with van der Waals surface area (Å²) in [6, 6.07) is 3.26. The Bertz CT molecular complexity index is 727. The summed E-state index contributed by atoms with van der Waals surface area (Å²) in [5.74, 6) is -0.323. The van der Waals surface area contributed by atoms with Crippen LogP contribution in [0, 0.1) is 11.3 Å². The van der Waals surface area contributed by atoms with E-state index >= 15 is 0 Å². The molecule has 1 atom stereocenters. The van der Waals surface area contributed by atoms with Crippen molar-refractivity contribution in [3.05, 3.63) is 16.2 Å². The van der Waals surface area contributed by atoms with Crippen LogP contribution in [0.25, 0.3) is 0 Å². The number of pyridine rings is 1. The molecule has 1 aliphatic heterocycles. The van der Waals surface area contributed by atoms with Gasteiger partial charge < -0.3 is 10.6 Å². The number of carbonyl (C=O) groups excluding carboxylic acids is 1. The minimum absolute atomic E-state index is 0.109. The first-order chi connectivity index (χ1) is 9.24. The molecule has 1 amide bonds. The molecule has 0 aliphatic carbocycles. The van der Waals surface area contributed by atoms with Crippen molar-refractivity contribution in [2.75, 3.05) is 17.2 Å². The standard InChI is InChI=1S/C10H10BrN5O3S/c11-10-6(3-12)7(2-8(13)15-10)16-4-5(1-9(16)17)20(14,18)19/h2,5H,1,4H2,(H2,13,15)(H2,14,18,19). The Morgan fingerprint density at radius 2 is 2.20 bits per heavy atom. The van der Waals surface area contributed by atoms with Gasteiger partial charge in [0.15, 0.2) is 0 Å². The molecule has 1 unspecified atom stereocenters. The zero-order valence-electron chi connectivity index (χ0n) is 10.1. The molecule has 8 nitrogen and oxygen atoms in total. The average Bonchev–Trinajstić information content (AvgIpc) is 2.70. The summed E-state index contributed by atoms with van der Waals surface area (Å²) >= 11 is 3.09. The molecule has 10 heteroatoms. The summed E-state index contributed by atoms with van der Waals surface area (Å²) in [6.45, 7) is -0.109. The zero-order valence-corrected chi connectivity index (χ0v) is 12.5. The molecule has 1 saturated heterocycles. The molecule has 0 saturated carbocycles. The number of nitrogens with two attached hydrogens (primary N) is 2. The molecular weight excluding hydrogens is 350 g/mol. The number of nitrogens with zero attached hydrogens (tertiary/aromatic N) is 3. The van der Waals surface area contributed by atoms with Crippen molar-refractivity contribution >= 4 is 43.4 Å². The highest BCUT2D eigenvalue weighted by molar-refractivity contribution is 9.10. The Kier molecular flexibility index (Phi) is 3.68. The molecule has 2 rings (SSSR count). The fourth-order valence-corrected chi connectivity index (χ4v) is 3.19. The molecule has 0 spiro atoms. The summed E-state index contributed by atoms with van der Waals surface area (Å²) in [6.07, 6.45) is -0.219. The summed E-state index contributed by atoms with van der Waals surface area (Å²) in [5, 5.41) is 13.2. The topological polar surface area (TPSA) is 143 Å². The number of halogens is 1. The Balaban J connectivity index is 2.49. The molecule has 0 radical (unpaired) electrons. The number of rotatable bonds is 2. The van der Waals surface area contributed by atoms with Gasteiger partial charge in [-0.2, -0.15) is 5.26 Å². The van der Waals surface area contributed by atoms with Crippen molar-refractivity contribution in [1.82, 2.24) is 4.98 Å². The van der Waals surface area contributed by atoms with Gasteiger partial charge in [0.05, 0.1) is 5.69 Å². The van der Waals surface area contributed by atoms with Crippen LogP contribution < -0.4 is 15.8 Å². The van der Waals surface area contributed by atoms with Crippen LogP contribution in [0.1, 0.15) is 12.0 Å². The van der Waals surface area contributed by atoms with Crippen LogP contribution in [-0.4, -0.2) is 31.1 Å². The molecule has 1 aromatic heterocycles. The van der Waals surface area contributed by atoms with E-state index in [-0.39, 0.29) is 34.6 Å². The molecule has 20 heavy (non-hydrogen) atoms. The van der Waals surface area contributed by atoms with E-state index in [2.05, 4.69) is 20.9 Å². The van der Waals surface area contributed by atoms with E-state index in [4.69, 9.17) is 16.1 Å². The molecule has 0 bridgehead atoms. The Hall–Kier alpha value is -1.70. The van der Waals surface area contributed by atoms with E-state index in [9.17, 15) is 13.2 Å². The zero-order chi connectivity index (χ0) is 15.1. The van der Waals surface area contributed by atoms with Gasteiger partial charge >= 0.3 is 0 Å². The highest BCUT2D eigenvalue weighted by Crippen LogP contribution is 2.31. The lowest BCUT2D eigenvalue weighted by Crippen LogP contribution is -2.32. The van der Waals surface area contributed by atoms with Gasteiger partial charge in [-0.25, -0.2) is 18.5 Å². The number of amides is 1. The van der Waals surface area contributed by atoms with Crippen LogP contribution in [-0.2, 0) is 14.8 Å². The molecule has 2 heterocycles. The normalized spacial score (nSPS) is 19.1. The van der Waals surface area contributed by atoms with E-state index in [0.29, 0.717) is 0 Å². The van der Waals surface area contributed by atoms with Crippen molar-refractivity contribution in [2.45, 2.75) is 11.7 Å². The number of aromatic nitrogens is 1. The summed E-state index contributed by atoms with van der Waals surface area (Å²) in [5.41, 5.74) is 5.92. The van der Waals surface area contributed by atoms with Crippen LogP contribution >= 0.6 is 15.9 Å². The van der Waals surface area contributed by atoms with Crippen molar-refractivity contribution in [3.8, 4) is 6.07 Å². The van der Waals surface area contributed by atoms with Gasteiger partial charge in [-0.05, 0) is 15.9 Å². The molecular formula is C10H10BrN5O3S. The molecule has 1 aliphatic rings. The fraction of sp³-hybridized carbons (Fsp3) is 0.300. The predicted molar refractivity (Wildman–Crippen MR) is 74.9 cm³/mol. The number of nitriles is 1. The number of primary sulfonamides is 1. The molecule has 0 aromatic carbocycles. The number of anilines is 2. The summed E-state index contributed by atoms with van der Waals surface area (Å²) < 4.78 is 22.9. The van der Waals surface area contributed by atoms with E-state index < -0.39 is 21.2 Å².